The number of hydrogen-bond donors (Lipinski definition) is 1. The minimum atomic E-state index is -4.04. The SMILES string of the molecule is CC(O)CCCCC(F)(F)F. The molecule has 0 aliphatic carbocycles. The molecule has 0 heterocycles. The van der Waals surface area contributed by atoms with Crippen molar-refractivity contribution in [1.82, 2.24) is 0 Å². The van der Waals surface area contributed by atoms with Crippen molar-refractivity contribution in [3.8, 4) is 0 Å². The fourth-order valence-corrected chi connectivity index (χ4v) is 0.765. The molecule has 0 bridgehead atoms. The molecule has 68 valence electrons. The highest BCUT2D eigenvalue weighted by Gasteiger charge is 2.25. The van der Waals surface area contributed by atoms with Crippen LogP contribution in [0.3, 0.4) is 0 Å². The van der Waals surface area contributed by atoms with Gasteiger partial charge < -0.3 is 5.11 Å². The van der Waals surface area contributed by atoms with E-state index in [0.717, 1.165) is 0 Å². The predicted molar refractivity (Wildman–Crippen MR) is 36.2 cm³/mol. The second-order valence-corrected chi connectivity index (χ2v) is 2.71. The molecule has 0 amide bonds. The normalized spacial score (nSPS) is 15.0. The molecular weight excluding hydrogens is 157 g/mol. The first kappa shape index (κ1) is 10.8. The molecule has 0 aromatic rings. The Kier molecular flexibility index (Phi) is 4.49. The van der Waals surface area contributed by atoms with Crippen LogP contribution in [0.25, 0.3) is 0 Å². The van der Waals surface area contributed by atoms with Crippen LogP contribution in [-0.2, 0) is 0 Å². The summed E-state index contributed by atoms with van der Waals surface area (Å²) in [5.41, 5.74) is 0. The van der Waals surface area contributed by atoms with E-state index in [-0.39, 0.29) is 6.42 Å². The first-order valence-electron chi connectivity index (χ1n) is 3.66. The zero-order chi connectivity index (χ0) is 8.91. The minimum Gasteiger partial charge on any atom is -0.393 e. The lowest BCUT2D eigenvalue weighted by Gasteiger charge is -2.06. The third-order valence-corrected chi connectivity index (χ3v) is 1.33. The highest BCUT2D eigenvalue weighted by Crippen LogP contribution is 2.22. The highest BCUT2D eigenvalue weighted by molar-refractivity contribution is 4.53. The first-order chi connectivity index (χ1) is 4.92. The Hall–Kier alpha value is -0.250. The molecule has 0 spiro atoms. The van der Waals surface area contributed by atoms with Crippen LogP contribution in [0.4, 0.5) is 13.2 Å². The molecule has 0 aliphatic rings. The number of aliphatic hydroxyl groups is 1. The lowest BCUT2D eigenvalue weighted by atomic mass is 10.1. The molecule has 11 heavy (non-hydrogen) atoms. The molecule has 1 atom stereocenters. The number of hydrogen-bond acceptors (Lipinski definition) is 1. The summed E-state index contributed by atoms with van der Waals surface area (Å²) in [6, 6.07) is 0. The molecule has 0 rings (SSSR count). The molecule has 0 saturated carbocycles. The fraction of sp³-hybridized carbons (Fsp3) is 1.00. The van der Waals surface area contributed by atoms with Crippen LogP contribution in [0.1, 0.15) is 32.6 Å². The van der Waals surface area contributed by atoms with Crippen molar-refractivity contribution in [1.29, 1.82) is 0 Å². The number of halogens is 3. The van der Waals surface area contributed by atoms with Crippen LogP contribution in [0.15, 0.2) is 0 Å². The minimum absolute atomic E-state index is 0.119. The Morgan fingerprint density at radius 3 is 2.18 bits per heavy atom. The average Bonchev–Trinajstić information content (AvgIpc) is 1.78. The smallest absolute Gasteiger partial charge is 0.389 e. The summed E-state index contributed by atoms with van der Waals surface area (Å²) in [7, 11) is 0. The lowest BCUT2D eigenvalue weighted by Crippen LogP contribution is -2.07. The molecule has 1 N–H and O–H groups in total. The maximum atomic E-state index is 11.5. The average molecular weight is 170 g/mol. The third-order valence-electron chi connectivity index (χ3n) is 1.33. The molecule has 0 fully saturated rings. The van der Waals surface area contributed by atoms with Gasteiger partial charge in [-0.05, 0) is 19.8 Å². The summed E-state index contributed by atoms with van der Waals surface area (Å²) in [6.07, 6.45) is -4.25. The van der Waals surface area contributed by atoms with Gasteiger partial charge in [0.25, 0.3) is 0 Å². The Bertz CT molecular complexity index is 98.3. The number of unbranched alkanes of at least 4 members (excludes halogenated alkanes) is 1. The van der Waals surface area contributed by atoms with E-state index in [1.807, 2.05) is 0 Å². The Morgan fingerprint density at radius 1 is 1.27 bits per heavy atom. The van der Waals surface area contributed by atoms with Crippen molar-refractivity contribution in [3.05, 3.63) is 0 Å². The maximum Gasteiger partial charge on any atom is 0.389 e. The molecule has 0 aliphatic heterocycles. The summed E-state index contributed by atoms with van der Waals surface area (Å²) in [5.74, 6) is 0. The molecule has 0 aromatic carbocycles. The van der Waals surface area contributed by atoms with Crippen LogP contribution in [0.5, 0.6) is 0 Å². The van der Waals surface area contributed by atoms with Crippen molar-refractivity contribution in [2.75, 3.05) is 0 Å². The molecule has 0 aromatic heterocycles. The van der Waals surface area contributed by atoms with E-state index >= 15 is 0 Å². The van der Waals surface area contributed by atoms with Gasteiger partial charge >= 0.3 is 6.18 Å². The van der Waals surface area contributed by atoms with Crippen LogP contribution in [0, 0.1) is 0 Å². The summed E-state index contributed by atoms with van der Waals surface area (Å²) in [6.45, 7) is 1.58. The third kappa shape index (κ3) is 9.75. The van der Waals surface area contributed by atoms with Crippen LogP contribution < -0.4 is 0 Å². The summed E-state index contributed by atoms with van der Waals surface area (Å²) >= 11 is 0. The van der Waals surface area contributed by atoms with E-state index < -0.39 is 18.7 Å². The van der Waals surface area contributed by atoms with E-state index in [9.17, 15) is 13.2 Å². The van der Waals surface area contributed by atoms with E-state index in [1.165, 1.54) is 0 Å². The van der Waals surface area contributed by atoms with Crippen molar-refractivity contribution < 1.29 is 18.3 Å². The van der Waals surface area contributed by atoms with Gasteiger partial charge in [-0.1, -0.05) is 6.42 Å². The number of rotatable bonds is 4. The largest absolute Gasteiger partial charge is 0.393 e. The molecule has 1 nitrogen and oxygen atoms in total. The second kappa shape index (κ2) is 4.59. The van der Waals surface area contributed by atoms with Crippen molar-refractivity contribution in [2.24, 2.45) is 0 Å². The van der Waals surface area contributed by atoms with Gasteiger partial charge in [0.15, 0.2) is 0 Å². The molecular formula is C7H13F3O. The van der Waals surface area contributed by atoms with Crippen molar-refractivity contribution in [2.45, 2.75) is 44.9 Å². The van der Waals surface area contributed by atoms with E-state index in [0.29, 0.717) is 12.8 Å². The number of aliphatic hydroxyl groups excluding tert-OH is 1. The predicted octanol–water partition coefficient (Wildman–Crippen LogP) is 2.49. The Balaban J connectivity index is 3.15. The van der Waals surface area contributed by atoms with Crippen molar-refractivity contribution in [3.63, 3.8) is 0 Å². The van der Waals surface area contributed by atoms with Gasteiger partial charge in [0.05, 0.1) is 6.10 Å². The molecule has 0 saturated heterocycles. The molecule has 1 unspecified atom stereocenters. The van der Waals surface area contributed by atoms with Crippen LogP contribution in [0.2, 0.25) is 0 Å². The highest BCUT2D eigenvalue weighted by atomic mass is 19.4. The van der Waals surface area contributed by atoms with Gasteiger partial charge in [-0.2, -0.15) is 13.2 Å². The Morgan fingerprint density at radius 2 is 1.82 bits per heavy atom. The standard InChI is InChI=1S/C7H13F3O/c1-6(11)4-2-3-5-7(8,9)10/h6,11H,2-5H2,1H3. The molecule has 0 radical (unpaired) electrons. The fourth-order valence-electron chi connectivity index (χ4n) is 0.765. The summed E-state index contributed by atoms with van der Waals surface area (Å²) in [5, 5.41) is 8.70. The maximum absolute atomic E-state index is 11.5. The van der Waals surface area contributed by atoms with Gasteiger partial charge in [0.2, 0.25) is 0 Å². The topological polar surface area (TPSA) is 20.2 Å². The lowest BCUT2D eigenvalue weighted by molar-refractivity contribution is -0.135. The van der Waals surface area contributed by atoms with Crippen LogP contribution >= 0.6 is 0 Å². The number of alkyl halides is 3. The van der Waals surface area contributed by atoms with Gasteiger partial charge in [-0.3, -0.25) is 0 Å². The van der Waals surface area contributed by atoms with Crippen molar-refractivity contribution >= 4 is 0 Å². The summed E-state index contributed by atoms with van der Waals surface area (Å²) < 4.78 is 34.6. The Labute approximate surface area is 64.2 Å². The van der Waals surface area contributed by atoms with E-state index in [1.54, 1.807) is 6.92 Å². The van der Waals surface area contributed by atoms with Crippen LogP contribution in [-0.4, -0.2) is 17.4 Å². The molecule has 4 heteroatoms. The van der Waals surface area contributed by atoms with E-state index in [2.05, 4.69) is 0 Å². The summed E-state index contributed by atoms with van der Waals surface area (Å²) in [4.78, 5) is 0. The first-order valence-corrected chi connectivity index (χ1v) is 3.66. The second-order valence-electron chi connectivity index (χ2n) is 2.71. The van der Waals surface area contributed by atoms with E-state index in [4.69, 9.17) is 5.11 Å². The van der Waals surface area contributed by atoms with Gasteiger partial charge in [-0.15, -0.1) is 0 Å². The quantitative estimate of drug-likeness (QED) is 0.642. The zero-order valence-electron chi connectivity index (χ0n) is 6.49. The zero-order valence-corrected chi connectivity index (χ0v) is 6.49. The van der Waals surface area contributed by atoms with Gasteiger partial charge in [0.1, 0.15) is 0 Å². The monoisotopic (exact) mass is 170 g/mol. The van der Waals surface area contributed by atoms with Gasteiger partial charge in [0, 0.05) is 6.42 Å². The van der Waals surface area contributed by atoms with Gasteiger partial charge in [-0.25, -0.2) is 0 Å².